The predicted octanol–water partition coefficient (Wildman–Crippen LogP) is 1.12. The Balaban J connectivity index is 1.67. The van der Waals surface area contributed by atoms with E-state index in [1.165, 1.54) is 38.9 Å². The van der Waals surface area contributed by atoms with Gasteiger partial charge in [0, 0.05) is 32.9 Å². The average molecular weight is 213 g/mol. The fourth-order valence-electron chi connectivity index (χ4n) is 2.79. The molecule has 2 rings (SSSR count). The van der Waals surface area contributed by atoms with Gasteiger partial charge >= 0.3 is 0 Å². The van der Waals surface area contributed by atoms with Gasteiger partial charge in [-0.15, -0.1) is 0 Å². The Kier molecular flexibility index (Phi) is 4.42. The summed E-state index contributed by atoms with van der Waals surface area (Å²) in [5.74, 6) is 1.60. The molecule has 0 spiro atoms. The van der Waals surface area contributed by atoms with Crippen LogP contribution >= 0.6 is 0 Å². The van der Waals surface area contributed by atoms with Gasteiger partial charge in [-0.05, 0) is 44.1 Å². The molecule has 0 radical (unpaired) electrons. The van der Waals surface area contributed by atoms with E-state index in [2.05, 4.69) is 4.90 Å². The summed E-state index contributed by atoms with van der Waals surface area (Å²) in [6.45, 7) is 5.97. The number of aliphatic hydroxyl groups excluding tert-OH is 1. The number of nitrogens with zero attached hydrogens (tertiary/aromatic N) is 1. The van der Waals surface area contributed by atoms with Crippen LogP contribution in [0.3, 0.4) is 0 Å². The quantitative estimate of drug-likeness (QED) is 0.759. The van der Waals surface area contributed by atoms with Gasteiger partial charge in [-0.25, -0.2) is 0 Å². The summed E-state index contributed by atoms with van der Waals surface area (Å²) in [7, 11) is 0. The molecule has 15 heavy (non-hydrogen) atoms. The lowest BCUT2D eigenvalue weighted by molar-refractivity contribution is 0.0549. The summed E-state index contributed by atoms with van der Waals surface area (Å²) in [5.41, 5.74) is 0. The minimum atomic E-state index is 0.357. The first kappa shape index (κ1) is 11.4. The van der Waals surface area contributed by atoms with Crippen molar-refractivity contribution in [2.45, 2.75) is 25.7 Å². The zero-order chi connectivity index (χ0) is 10.5. The fourth-order valence-corrected chi connectivity index (χ4v) is 2.79. The molecule has 1 atom stereocenters. The van der Waals surface area contributed by atoms with Crippen LogP contribution in [0.5, 0.6) is 0 Å². The first-order valence-corrected chi connectivity index (χ1v) is 6.29. The summed E-state index contributed by atoms with van der Waals surface area (Å²) in [5, 5.41) is 8.90. The van der Waals surface area contributed by atoms with E-state index in [4.69, 9.17) is 9.84 Å². The van der Waals surface area contributed by atoms with E-state index < -0.39 is 0 Å². The third-order valence-electron chi connectivity index (χ3n) is 3.76. The molecule has 3 nitrogen and oxygen atoms in total. The standard InChI is InChI=1S/C12H23NO2/c14-6-2-11-1-5-13(9-11)10-12-3-7-15-8-4-12/h11-12,14H,1-10H2. The van der Waals surface area contributed by atoms with Gasteiger partial charge in [-0.2, -0.15) is 0 Å². The van der Waals surface area contributed by atoms with Gasteiger partial charge in [0.05, 0.1) is 0 Å². The maximum atomic E-state index is 8.90. The van der Waals surface area contributed by atoms with Crippen LogP contribution in [-0.2, 0) is 4.74 Å². The average Bonchev–Trinajstić information content (AvgIpc) is 2.68. The zero-order valence-electron chi connectivity index (χ0n) is 9.53. The van der Waals surface area contributed by atoms with E-state index in [-0.39, 0.29) is 0 Å². The summed E-state index contributed by atoms with van der Waals surface area (Å²) >= 11 is 0. The van der Waals surface area contributed by atoms with Crippen molar-refractivity contribution < 1.29 is 9.84 Å². The first-order valence-electron chi connectivity index (χ1n) is 6.29. The molecule has 0 aromatic heterocycles. The van der Waals surface area contributed by atoms with Gasteiger partial charge in [-0.3, -0.25) is 0 Å². The third-order valence-corrected chi connectivity index (χ3v) is 3.76. The zero-order valence-corrected chi connectivity index (χ0v) is 9.53. The maximum Gasteiger partial charge on any atom is 0.0469 e. The van der Waals surface area contributed by atoms with E-state index in [1.807, 2.05) is 0 Å². The van der Waals surface area contributed by atoms with Crippen molar-refractivity contribution in [1.29, 1.82) is 0 Å². The van der Waals surface area contributed by atoms with Crippen LogP contribution in [0.4, 0.5) is 0 Å². The topological polar surface area (TPSA) is 32.7 Å². The number of ether oxygens (including phenoxy) is 1. The summed E-state index contributed by atoms with van der Waals surface area (Å²) in [6.07, 6.45) is 4.75. The largest absolute Gasteiger partial charge is 0.396 e. The molecule has 2 heterocycles. The van der Waals surface area contributed by atoms with Gasteiger partial charge in [0.15, 0.2) is 0 Å². The Labute approximate surface area is 92.4 Å². The maximum absolute atomic E-state index is 8.90. The number of aliphatic hydroxyl groups is 1. The van der Waals surface area contributed by atoms with E-state index in [0.717, 1.165) is 31.5 Å². The Morgan fingerprint density at radius 2 is 1.93 bits per heavy atom. The Morgan fingerprint density at radius 1 is 1.13 bits per heavy atom. The lowest BCUT2D eigenvalue weighted by Gasteiger charge is -2.26. The molecule has 2 aliphatic heterocycles. The minimum Gasteiger partial charge on any atom is -0.396 e. The number of hydrogen-bond donors (Lipinski definition) is 1. The summed E-state index contributed by atoms with van der Waals surface area (Å²) < 4.78 is 5.37. The van der Waals surface area contributed by atoms with Crippen molar-refractivity contribution in [1.82, 2.24) is 4.90 Å². The van der Waals surface area contributed by atoms with Crippen LogP contribution in [0.15, 0.2) is 0 Å². The molecule has 3 heteroatoms. The first-order chi connectivity index (χ1) is 7.38. The Morgan fingerprint density at radius 3 is 2.67 bits per heavy atom. The summed E-state index contributed by atoms with van der Waals surface area (Å²) in [6, 6.07) is 0. The lowest BCUT2D eigenvalue weighted by atomic mass is 10.00. The molecule has 0 bridgehead atoms. The van der Waals surface area contributed by atoms with Crippen LogP contribution in [0.2, 0.25) is 0 Å². The molecule has 0 aliphatic carbocycles. The molecular formula is C12H23NO2. The second kappa shape index (κ2) is 5.83. The van der Waals surface area contributed by atoms with E-state index in [0.29, 0.717) is 6.61 Å². The Hall–Kier alpha value is -0.120. The van der Waals surface area contributed by atoms with Crippen molar-refractivity contribution in [2.75, 3.05) is 39.5 Å². The highest BCUT2D eigenvalue weighted by atomic mass is 16.5. The van der Waals surface area contributed by atoms with Crippen molar-refractivity contribution in [3.63, 3.8) is 0 Å². The van der Waals surface area contributed by atoms with E-state index in [9.17, 15) is 0 Å². The van der Waals surface area contributed by atoms with Crippen molar-refractivity contribution in [2.24, 2.45) is 11.8 Å². The van der Waals surface area contributed by atoms with E-state index >= 15 is 0 Å². The molecule has 2 aliphatic rings. The number of rotatable bonds is 4. The van der Waals surface area contributed by atoms with E-state index in [1.54, 1.807) is 0 Å². The van der Waals surface area contributed by atoms with Gasteiger partial charge < -0.3 is 14.7 Å². The Bertz CT molecular complexity index is 180. The molecule has 0 saturated carbocycles. The molecule has 1 N–H and O–H groups in total. The smallest absolute Gasteiger partial charge is 0.0469 e. The second-order valence-electron chi connectivity index (χ2n) is 4.98. The predicted molar refractivity (Wildman–Crippen MR) is 59.8 cm³/mol. The number of hydrogen-bond acceptors (Lipinski definition) is 3. The van der Waals surface area contributed by atoms with Gasteiger partial charge in [0.25, 0.3) is 0 Å². The van der Waals surface area contributed by atoms with Crippen LogP contribution in [0.1, 0.15) is 25.7 Å². The van der Waals surface area contributed by atoms with Gasteiger partial charge in [0.2, 0.25) is 0 Å². The van der Waals surface area contributed by atoms with Crippen LogP contribution in [0, 0.1) is 11.8 Å². The molecule has 2 fully saturated rings. The van der Waals surface area contributed by atoms with Crippen molar-refractivity contribution >= 4 is 0 Å². The minimum absolute atomic E-state index is 0.357. The molecule has 0 amide bonds. The van der Waals surface area contributed by atoms with Crippen LogP contribution in [-0.4, -0.2) is 49.5 Å². The summed E-state index contributed by atoms with van der Waals surface area (Å²) in [4.78, 5) is 2.58. The second-order valence-corrected chi connectivity index (χ2v) is 4.98. The normalized spacial score (nSPS) is 29.8. The van der Waals surface area contributed by atoms with Gasteiger partial charge in [0.1, 0.15) is 0 Å². The monoisotopic (exact) mass is 213 g/mol. The third kappa shape index (κ3) is 3.44. The highest BCUT2D eigenvalue weighted by Crippen LogP contribution is 2.23. The van der Waals surface area contributed by atoms with Gasteiger partial charge in [-0.1, -0.05) is 0 Å². The molecule has 1 unspecified atom stereocenters. The molecular weight excluding hydrogens is 190 g/mol. The SMILES string of the molecule is OCCC1CCN(CC2CCOCC2)C1. The van der Waals surface area contributed by atoms with Crippen LogP contribution < -0.4 is 0 Å². The highest BCUT2D eigenvalue weighted by Gasteiger charge is 2.24. The highest BCUT2D eigenvalue weighted by molar-refractivity contribution is 4.78. The molecule has 0 aromatic carbocycles. The number of likely N-dealkylation sites (tertiary alicyclic amines) is 1. The fraction of sp³-hybridized carbons (Fsp3) is 1.00. The molecule has 2 saturated heterocycles. The lowest BCUT2D eigenvalue weighted by Crippen LogP contribution is -2.31. The van der Waals surface area contributed by atoms with Crippen LogP contribution in [0.25, 0.3) is 0 Å². The van der Waals surface area contributed by atoms with Crippen molar-refractivity contribution in [3.05, 3.63) is 0 Å². The molecule has 0 aromatic rings. The molecule has 88 valence electrons. The van der Waals surface area contributed by atoms with Crippen molar-refractivity contribution in [3.8, 4) is 0 Å².